The first-order chi connectivity index (χ1) is 12.5. The molecule has 1 rings (SSSR count). The van der Waals surface area contributed by atoms with Crippen LogP contribution in [0.2, 0.25) is 0 Å². The van der Waals surface area contributed by atoms with Crippen LogP contribution in [0.25, 0.3) is 0 Å². The number of benzene rings is 1. The number of hydrogen-bond donors (Lipinski definition) is 2. The van der Waals surface area contributed by atoms with Gasteiger partial charge >= 0.3 is 0 Å². The van der Waals surface area contributed by atoms with Gasteiger partial charge in [0.2, 0.25) is 0 Å². The highest BCUT2D eigenvalue weighted by Gasteiger charge is 2.18. The van der Waals surface area contributed by atoms with Gasteiger partial charge in [-0.05, 0) is 31.9 Å². The van der Waals surface area contributed by atoms with Gasteiger partial charge in [-0.15, -0.1) is 24.0 Å². The molecule has 0 radical (unpaired) electrons. The first kappa shape index (κ1) is 26.1. The second kappa shape index (κ2) is 15.0. The van der Waals surface area contributed by atoms with Gasteiger partial charge in [0.15, 0.2) is 15.8 Å². The summed E-state index contributed by atoms with van der Waals surface area (Å²) in [5.41, 5.74) is 0. The molecule has 0 fully saturated rings. The number of nitrogens with zero attached hydrogens (tertiary/aromatic N) is 1. The van der Waals surface area contributed by atoms with Gasteiger partial charge in [0.1, 0.15) is 10.7 Å². The van der Waals surface area contributed by atoms with Crippen LogP contribution in [0, 0.1) is 5.82 Å². The largest absolute Gasteiger partial charge is 0.381 e. The Morgan fingerprint density at radius 3 is 2.52 bits per heavy atom. The van der Waals surface area contributed by atoms with Crippen LogP contribution < -0.4 is 10.6 Å². The summed E-state index contributed by atoms with van der Waals surface area (Å²) in [7, 11) is -3.68. The van der Waals surface area contributed by atoms with Gasteiger partial charge < -0.3 is 15.4 Å². The van der Waals surface area contributed by atoms with Crippen LogP contribution in [0.3, 0.4) is 0 Å². The van der Waals surface area contributed by atoms with Crippen LogP contribution in [0.4, 0.5) is 4.39 Å². The lowest BCUT2D eigenvalue weighted by Crippen LogP contribution is -2.39. The van der Waals surface area contributed by atoms with Crippen molar-refractivity contribution in [2.75, 3.05) is 38.6 Å². The molecule has 2 N–H and O–H groups in total. The molecule has 0 aliphatic carbocycles. The fraction of sp³-hybridized carbons (Fsp3) is 0.611. The van der Waals surface area contributed by atoms with Crippen LogP contribution in [0.15, 0.2) is 34.2 Å². The first-order valence-corrected chi connectivity index (χ1v) is 10.7. The van der Waals surface area contributed by atoms with Crippen LogP contribution in [0.5, 0.6) is 0 Å². The third kappa shape index (κ3) is 10.8. The fourth-order valence-electron chi connectivity index (χ4n) is 2.16. The van der Waals surface area contributed by atoms with Crippen molar-refractivity contribution in [3.05, 3.63) is 30.1 Å². The van der Waals surface area contributed by atoms with E-state index >= 15 is 0 Å². The zero-order chi connectivity index (χ0) is 19.3. The number of sulfone groups is 1. The molecule has 0 aliphatic rings. The Labute approximate surface area is 179 Å². The summed E-state index contributed by atoms with van der Waals surface area (Å²) < 4.78 is 43.6. The Balaban J connectivity index is 0.00000676. The summed E-state index contributed by atoms with van der Waals surface area (Å²) in [5, 5.41) is 6.03. The molecule has 0 unspecified atom stereocenters. The molecule has 0 aromatic heterocycles. The number of unbranched alkanes of at least 4 members (excludes halogenated alkanes) is 1. The SMILES string of the molecule is CCCCOCCCN=C(NCC)NCCS(=O)(=O)c1ccccc1F.I. The third-order valence-corrected chi connectivity index (χ3v) is 5.28. The molecule has 156 valence electrons. The molecule has 0 amide bonds. The molecule has 27 heavy (non-hydrogen) atoms. The molecule has 1 aromatic rings. The van der Waals surface area contributed by atoms with Crippen molar-refractivity contribution in [2.24, 2.45) is 4.99 Å². The lowest BCUT2D eigenvalue weighted by atomic mass is 10.3. The highest BCUT2D eigenvalue weighted by Crippen LogP contribution is 2.14. The molecule has 9 heteroatoms. The fourth-order valence-corrected chi connectivity index (χ4v) is 3.40. The van der Waals surface area contributed by atoms with E-state index in [1.54, 1.807) is 0 Å². The van der Waals surface area contributed by atoms with E-state index in [0.717, 1.165) is 31.9 Å². The zero-order valence-electron chi connectivity index (χ0n) is 16.0. The van der Waals surface area contributed by atoms with E-state index in [0.29, 0.717) is 25.7 Å². The highest BCUT2D eigenvalue weighted by atomic mass is 127. The maximum atomic E-state index is 13.7. The topological polar surface area (TPSA) is 79.8 Å². The summed E-state index contributed by atoms with van der Waals surface area (Å²) in [6, 6.07) is 5.41. The van der Waals surface area contributed by atoms with Crippen molar-refractivity contribution < 1.29 is 17.5 Å². The Morgan fingerprint density at radius 1 is 1.15 bits per heavy atom. The van der Waals surface area contributed by atoms with Gasteiger partial charge in [-0.2, -0.15) is 0 Å². The van der Waals surface area contributed by atoms with Crippen molar-refractivity contribution in [3.63, 3.8) is 0 Å². The summed E-state index contributed by atoms with van der Waals surface area (Å²) in [4.78, 5) is 4.12. The van der Waals surface area contributed by atoms with Gasteiger partial charge in [-0.3, -0.25) is 4.99 Å². The number of ether oxygens (including phenoxy) is 1. The van der Waals surface area contributed by atoms with Gasteiger partial charge in [-0.25, -0.2) is 12.8 Å². The third-order valence-electron chi connectivity index (χ3n) is 3.54. The Bertz CT molecular complexity index is 657. The van der Waals surface area contributed by atoms with Gasteiger partial charge in [-0.1, -0.05) is 25.5 Å². The molecular weight excluding hydrogens is 484 g/mol. The number of halogens is 2. The molecule has 0 spiro atoms. The van der Waals surface area contributed by atoms with Crippen LogP contribution in [-0.4, -0.2) is 53.0 Å². The molecule has 0 saturated heterocycles. The predicted molar refractivity (Wildman–Crippen MR) is 118 cm³/mol. The number of hydrogen-bond acceptors (Lipinski definition) is 4. The first-order valence-electron chi connectivity index (χ1n) is 9.08. The van der Waals surface area contributed by atoms with Crippen molar-refractivity contribution in [3.8, 4) is 0 Å². The summed E-state index contributed by atoms with van der Waals surface area (Å²) >= 11 is 0. The molecule has 0 heterocycles. The van der Waals surface area contributed by atoms with Crippen molar-refractivity contribution >= 4 is 39.8 Å². The molecule has 1 aromatic carbocycles. The van der Waals surface area contributed by atoms with Gasteiger partial charge in [0.25, 0.3) is 0 Å². The highest BCUT2D eigenvalue weighted by molar-refractivity contribution is 14.0. The van der Waals surface area contributed by atoms with Crippen molar-refractivity contribution in [1.29, 1.82) is 0 Å². The minimum Gasteiger partial charge on any atom is -0.381 e. The predicted octanol–water partition coefficient (Wildman–Crippen LogP) is 2.98. The second-order valence-corrected chi connectivity index (χ2v) is 7.83. The minimum atomic E-state index is -3.68. The van der Waals surface area contributed by atoms with E-state index in [1.165, 1.54) is 18.2 Å². The Kier molecular flexibility index (Phi) is 14.5. The maximum Gasteiger partial charge on any atom is 0.191 e. The Morgan fingerprint density at radius 2 is 1.85 bits per heavy atom. The smallest absolute Gasteiger partial charge is 0.191 e. The Hall–Kier alpha value is -0.940. The molecule has 0 saturated carbocycles. The molecule has 0 bridgehead atoms. The summed E-state index contributed by atoms with van der Waals surface area (Å²) in [6.07, 6.45) is 2.97. The molecule has 6 nitrogen and oxygen atoms in total. The summed E-state index contributed by atoms with van der Waals surface area (Å²) in [5.74, 6) is -0.390. The monoisotopic (exact) mass is 515 g/mol. The standard InChI is InChI=1S/C18H30FN3O3S.HI/c1-3-5-13-25-14-8-11-21-18(20-4-2)22-12-15-26(23,24)17-10-7-6-9-16(17)19;/h6-7,9-10H,3-5,8,11-15H2,1-2H3,(H2,20,21,22);1H. The summed E-state index contributed by atoms with van der Waals surface area (Å²) in [6.45, 7) is 6.88. The number of rotatable bonds is 12. The van der Waals surface area contributed by atoms with Crippen molar-refractivity contribution in [1.82, 2.24) is 10.6 Å². The van der Waals surface area contributed by atoms with Gasteiger partial charge in [0.05, 0.1) is 5.75 Å². The quantitative estimate of drug-likeness (QED) is 0.194. The van der Waals surface area contributed by atoms with E-state index < -0.39 is 15.7 Å². The normalized spacial score (nSPS) is 11.7. The lowest BCUT2D eigenvalue weighted by molar-refractivity contribution is 0.130. The average Bonchev–Trinajstić information content (AvgIpc) is 2.61. The molecule has 0 atom stereocenters. The second-order valence-electron chi connectivity index (χ2n) is 5.76. The molecule has 0 aliphatic heterocycles. The average molecular weight is 515 g/mol. The van der Waals surface area contributed by atoms with Crippen molar-refractivity contribution in [2.45, 2.75) is 38.0 Å². The van der Waals surface area contributed by atoms with Gasteiger partial charge in [0, 0.05) is 32.8 Å². The van der Waals surface area contributed by atoms with E-state index in [4.69, 9.17) is 4.74 Å². The van der Waals surface area contributed by atoms with Crippen LogP contribution in [0.1, 0.15) is 33.1 Å². The maximum absolute atomic E-state index is 13.7. The van der Waals surface area contributed by atoms with Crippen LogP contribution >= 0.6 is 24.0 Å². The van der Waals surface area contributed by atoms with E-state index in [2.05, 4.69) is 22.5 Å². The minimum absolute atomic E-state index is 0. The number of aliphatic imine (C=N–C) groups is 1. The molecular formula is C18H31FIN3O3S. The van der Waals surface area contributed by atoms with E-state index in [1.807, 2.05) is 6.92 Å². The lowest BCUT2D eigenvalue weighted by Gasteiger charge is -2.12. The zero-order valence-corrected chi connectivity index (χ0v) is 19.2. The van der Waals surface area contributed by atoms with E-state index in [-0.39, 0.29) is 41.2 Å². The van der Waals surface area contributed by atoms with E-state index in [9.17, 15) is 12.8 Å². The van der Waals surface area contributed by atoms with Crippen LogP contribution in [-0.2, 0) is 14.6 Å². The number of nitrogens with one attached hydrogen (secondary N) is 2. The number of guanidine groups is 1.